The molecular formula is C24H30Br2N2O4. The van der Waals surface area contributed by atoms with Gasteiger partial charge >= 0.3 is 0 Å². The molecule has 2 heterocycles. The molecule has 2 aromatic rings. The van der Waals surface area contributed by atoms with Crippen molar-refractivity contribution in [1.29, 1.82) is 0 Å². The molecule has 8 heteroatoms. The summed E-state index contributed by atoms with van der Waals surface area (Å²) < 4.78 is 1.64. The van der Waals surface area contributed by atoms with Crippen LogP contribution in [0.4, 0.5) is 0 Å². The lowest BCUT2D eigenvalue weighted by Gasteiger charge is -2.25. The summed E-state index contributed by atoms with van der Waals surface area (Å²) in [7, 11) is 0. The van der Waals surface area contributed by atoms with E-state index < -0.39 is 0 Å². The molecule has 2 atom stereocenters. The van der Waals surface area contributed by atoms with Gasteiger partial charge in [-0.2, -0.15) is 0 Å². The molecule has 0 amide bonds. The number of nitrogens with zero attached hydrogens (tertiary/aromatic N) is 2. The van der Waals surface area contributed by atoms with Gasteiger partial charge in [-0.05, 0) is 63.0 Å². The van der Waals surface area contributed by atoms with Crippen LogP contribution >= 0.6 is 31.9 Å². The second-order valence-electron chi connectivity index (χ2n) is 8.82. The minimum atomic E-state index is 0.114. The normalized spacial score (nSPS) is 22.1. The molecule has 2 fully saturated rings. The molecule has 174 valence electrons. The first-order valence-electron chi connectivity index (χ1n) is 11.1. The fourth-order valence-corrected chi connectivity index (χ4v) is 6.03. The van der Waals surface area contributed by atoms with E-state index in [1.807, 2.05) is 24.3 Å². The number of aliphatic hydroxyl groups is 2. The molecule has 0 bridgehead atoms. The van der Waals surface area contributed by atoms with Crippen molar-refractivity contribution in [1.82, 2.24) is 9.80 Å². The average Bonchev–Trinajstić information content (AvgIpc) is 3.41. The number of phenolic OH excluding ortho intramolecular Hbond substituents is 2. The molecule has 4 N–H and O–H groups in total. The van der Waals surface area contributed by atoms with Crippen LogP contribution < -0.4 is 0 Å². The zero-order valence-corrected chi connectivity index (χ0v) is 21.1. The Balaban J connectivity index is 1.68. The Labute approximate surface area is 205 Å². The Morgan fingerprint density at radius 3 is 1.50 bits per heavy atom. The third-order valence-electron chi connectivity index (χ3n) is 6.76. The van der Waals surface area contributed by atoms with Crippen LogP contribution in [0.15, 0.2) is 33.2 Å². The number of halogens is 2. The monoisotopic (exact) mass is 568 g/mol. The zero-order valence-electron chi connectivity index (χ0n) is 18.0. The van der Waals surface area contributed by atoms with Crippen LogP contribution in [-0.4, -0.2) is 68.6 Å². The maximum Gasteiger partial charge on any atom is 0.128 e. The second kappa shape index (κ2) is 10.4. The largest absolute Gasteiger partial charge is 0.507 e. The molecule has 2 aliphatic rings. The van der Waals surface area contributed by atoms with Crippen LogP contribution in [0.5, 0.6) is 11.5 Å². The summed E-state index contributed by atoms with van der Waals surface area (Å²) >= 11 is 7.13. The van der Waals surface area contributed by atoms with E-state index in [1.54, 1.807) is 0 Å². The van der Waals surface area contributed by atoms with Crippen LogP contribution in [0.3, 0.4) is 0 Å². The quantitative estimate of drug-likeness (QED) is 0.400. The van der Waals surface area contributed by atoms with Gasteiger partial charge in [-0.1, -0.05) is 31.9 Å². The van der Waals surface area contributed by atoms with Gasteiger partial charge in [0.1, 0.15) is 11.5 Å². The number of hydrogen-bond donors (Lipinski definition) is 4. The molecule has 2 aromatic carbocycles. The number of likely N-dealkylation sites (tertiary alicyclic amines) is 2. The Morgan fingerprint density at radius 2 is 1.12 bits per heavy atom. The summed E-state index contributed by atoms with van der Waals surface area (Å²) in [6.45, 7) is 3.08. The molecule has 2 aliphatic heterocycles. The Hall–Kier alpha value is -1.16. The lowest BCUT2D eigenvalue weighted by atomic mass is 9.97. The number of aromatic hydroxyl groups is 2. The van der Waals surface area contributed by atoms with Gasteiger partial charge in [-0.3, -0.25) is 9.80 Å². The molecule has 32 heavy (non-hydrogen) atoms. The van der Waals surface area contributed by atoms with Crippen LogP contribution in [0.1, 0.15) is 36.8 Å². The standard InChI is InChI=1S/C24H30Br2N2O4/c25-17-7-15(11-27-5-1-3-19(27)13-29)23(31)21(9-17)22-10-18(26)8-16(24(22)32)12-28-6-2-4-20(28)14-30/h7-10,19-20,29-32H,1-6,11-14H2/t19-,20-/m0/s1. The smallest absolute Gasteiger partial charge is 0.128 e. The van der Waals surface area contributed by atoms with Gasteiger partial charge in [-0.25, -0.2) is 0 Å². The van der Waals surface area contributed by atoms with E-state index in [2.05, 4.69) is 41.7 Å². The average molecular weight is 570 g/mol. The maximum absolute atomic E-state index is 11.2. The van der Waals surface area contributed by atoms with E-state index in [9.17, 15) is 20.4 Å². The lowest BCUT2D eigenvalue weighted by Crippen LogP contribution is -2.31. The minimum Gasteiger partial charge on any atom is -0.507 e. The van der Waals surface area contributed by atoms with Crippen molar-refractivity contribution < 1.29 is 20.4 Å². The third-order valence-corrected chi connectivity index (χ3v) is 7.68. The van der Waals surface area contributed by atoms with E-state index in [0.29, 0.717) is 24.2 Å². The van der Waals surface area contributed by atoms with Gasteiger partial charge < -0.3 is 20.4 Å². The highest BCUT2D eigenvalue weighted by atomic mass is 79.9. The molecule has 0 aromatic heterocycles. The highest BCUT2D eigenvalue weighted by molar-refractivity contribution is 9.10. The first kappa shape index (κ1) is 24.0. The van der Waals surface area contributed by atoms with Crippen molar-refractivity contribution in [2.75, 3.05) is 26.3 Å². The molecule has 6 nitrogen and oxygen atoms in total. The third kappa shape index (κ3) is 5.00. The molecule has 4 rings (SSSR count). The van der Waals surface area contributed by atoms with Gasteiger partial charge in [0.2, 0.25) is 0 Å². The number of phenols is 2. The summed E-state index contributed by atoms with van der Waals surface area (Å²) in [6, 6.07) is 7.67. The summed E-state index contributed by atoms with van der Waals surface area (Å²) in [5.41, 5.74) is 2.65. The lowest BCUT2D eigenvalue weighted by molar-refractivity contribution is 0.152. The molecule has 0 unspecified atom stereocenters. The fraction of sp³-hybridized carbons (Fsp3) is 0.500. The van der Waals surface area contributed by atoms with E-state index in [-0.39, 0.29) is 36.8 Å². The Bertz CT molecular complexity index is 894. The molecule has 2 saturated heterocycles. The van der Waals surface area contributed by atoms with Gasteiger partial charge in [0, 0.05) is 56.4 Å². The Morgan fingerprint density at radius 1 is 0.719 bits per heavy atom. The highest BCUT2D eigenvalue weighted by Crippen LogP contribution is 2.43. The van der Waals surface area contributed by atoms with Crippen LogP contribution in [0.25, 0.3) is 11.1 Å². The Kier molecular flexibility index (Phi) is 7.80. The summed E-state index contributed by atoms with van der Waals surface area (Å²) in [5, 5.41) is 41.7. The van der Waals surface area contributed by atoms with Gasteiger partial charge in [0.05, 0.1) is 13.2 Å². The topological polar surface area (TPSA) is 87.4 Å². The second-order valence-corrected chi connectivity index (χ2v) is 10.7. The highest BCUT2D eigenvalue weighted by Gasteiger charge is 2.27. The minimum absolute atomic E-state index is 0.114. The summed E-state index contributed by atoms with van der Waals surface area (Å²) in [4.78, 5) is 4.39. The summed E-state index contributed by atoms with van der Waals surface area (Å²) in [5.74, 6) is 0.288. The van der Waals surface area contributed by atoms with E-state index in [1.165, 1.54) is 0 Å². The van der Waals surface area contributed by atoms with E-state index >= 15 is 0 Å². The SMILES string of the molecule is OC[C@@H]1CCCN1Cc1cc(Br)cc(-c2cc(Br)cc(CN3CCC[C@H]3CO)c2O)c1O. The van der Waals surface area contributed by atoms with Crippen LogP contribution in [0, 0.1) is 0 Å². The number of hydrogen-bond acceptors (Lipinski definition) is 6. The van der Waals surface area contributed by atoms with Crippen molar-refractivity contribution in [2.45, 2.75) is 50.9 Å². The van der Waals surface area contributed by atoms with Crippen molar-refractivity contribution in [3.8, 4) is 22.6 Å². The van der Waals surface area contributed by atoms with Gasteiger partial charge in [-0.15, -0.1) is 0 Å². The first-order valence-corrected chi connectivity index (χ1v) is 12.7. The molecule has 0 radical (unpaired) electrons. The molecule has 0 spiro atoms. The number of benzene rings is 2. The predicted octanol–water partition coefficient (Wildman–Crippen LogP) is 4.20. The van der Waals surface area contributed by atoms with Crippen molar-refractivity contribution in [2.24, 2.45) is 0 Å². The number of rotatable bonds is 7. The summed E-state index contributed by atoms with van der Waals surface area (Å²) in [6.07, 6.45) is 3.99. The van der Waals surface area contributed by atoms with Gasteiger partial charge in [0.25, 0.3) is 0 Å². The number of aliphatic hydroxyl groups excluding tert-OH is 2. The van der Waals surface area contributed by atoms with Crippen LogP contribution in [0.2, 0.25) is 0 Å². The zero-order chi connectivity index (χ0) is 22.8. The van der Waals surface area contributed by atoms with Crippen LogP contribution in [-0.2, 0) is 13.1 Å². The predicted molar refractivity (Wildman–Crippen MR) is 132 cm³/mol. The van der Waals surface area contributed by atoms with E-state index in [0.717, 1.165) is 58.8 Å². The van der Waals surface area contributed by atoms with Crippen molar-refractivity contribution in [3.63, 3.8) is 0 Å². The molecular weight excluding hydrogens is 540 g/mol. The maximum atomic E-state index is 11.2. The van der Waals surface area contributed by atoms with E-state index in [4.69, 9.17) is 0 Å². The van der Waals surface area contributed by atoms with Crippen molar-refractivity contribution >= 4 is 31.9 Å². The van der Waals surface area contributed by atoms with Gasteiger partial charge in [0.15, 0.2) is 0 Å². The first-order chi connectivity index (χ1) is 15.4. The molecule has 0 saturated carbocycles. The molecule has 0 aliphatic carbocycles. The fourth-order valence-electron chi connectivity index (χ4n) is 5.02. The van der Waals surface area contributed by atoms with Crippen molar-refractivity contribution in [3.05, 3.63) is 44.3 Å².